The highest BCUT2D eigenvalue weighted by Crippen LogP contribution is 2.40. The molecule has 0 unspecified atom stereocenters. The third-order valence-corrected chi connectivity index (χ3v) is 10.3. The molecule has 0 aliphatic heterocycles. The lowest BCUT2D eigenvalue weighted by molar-refractivity contribution is 0.113. The summed E-state index contributed by atoms with van der Waals surface area (Å²) < 4.78 is 9.13. The van der Waals surface area contributed by atoms with Gasteiger partial charge in [0.25, 0.3) is 0 Å². The lowest BCUT2D eigenvalue weighted by Gasteiger charge is -2.38. The number of nitrogens with one attached hydrogen (secondary N) is 1. The fraction of sp³-hybridized carbons (Fsp3) is 0.733. The van der Waals surface area contributed by atoms with E-state index in [2.05, 4.69) is 68.0 Å². The molecule has 0 aromatic rings. The van der Waals surface area contributed by atoms with Gasteiger partial charge in [-0.1, -0.05) is 41.5 Å². The lowest BCUT2D eigenvalue weighted by Crippen LogP contribution is -2.46. The number of rotatable bonds is 3. The van der Waals surface area contributed by atoms with Crippen LogP contribution in [0.2, 0.25) is 16.6 Å². The normalized spacial score (nSPS) is 11.0. The molecular weight excluding hydrogens is 300 g/mol. The van der Waals surface area contributed by atoms with Crippen LogP contribution < -0.4 is 5.43 Å². The van der Waals surface area contributed by atoms with E-state index in [1.54, 1.807) is 0 Å². The monoisotopic (exact) mass is 328 g/mol. The van der Waals surface area contributed by atoms with Crippen molar-refractivity contribution in [2.45, 2.75) is 58.2 Å². The average Bonchev–Trinajstić information content (AvgIpc) is 2.44. The molecule has 0 heterocycles. The fourth-order valence-electron chi connectivity index (χ4n) is 2.93. The van der Waals surface area contributed by atoms with Gasteiger partial charge in [-0.15, -0.1) is 10.6 Å². The number of hydrazine groups is 1. The van der Waals surface area contributed by atoms with Crippen molar-refractivity contribution in [3.63, 3.8) is 0 Å². The number of nitrogens with zero attached hydrogens (tertiary/aromatic N) is 1. The first-order valence-electron chi connectivity index (χ1n) is 7.38. The van der Waals surface area contributed by atoms with Crippen LogP contribution in [0.25, 0.3) is 0 Å². The molecule has 0 aromatic heterocycles. The van der Waals surface area contributed by atoms with Crippen molar-refractivity contribution in [3.8, 4) is 11.6 Å². The van der Waals surface area contributed by atoms with Crippen LogP contribution in [0.1, 0.15) is 41.5 Å². The van der Waals surface area contributed by atoms with E-state index in [1.165, 1.54) is 14.2 Å². The zero-order valence-electron chi connectivity index (χ0n) is 14.8. The summed E-state index contributed by atoms with van der Waals surface area (Å²) in [6.45, 7) is 13.0. The summed E-state index contributed by atoms with van der Waals surface area (Å²) in [6.07, 6.45) is -1.53. The molecule has 0 aliphatic rings. The van der Waals surface area contributed by atoms with E-state index in [-0.39, 0.29) is 0 Å². The van der Waals surface area contributed by atoms with Gasteiger partial charge >= 0.3 is 12.2 Å². The Labute approximate surface area is 134 Å². The van der Waals surface area contributed by atoms with Crippen LogP contribution in [0.3, 0.4) is 0 Å². The maximum Gasteiger partial charge on any atom is 0.441 e. The summed E-state index contributed by atoms with van der Waals surface area (Å²) >= 11 is 0. The fourth-order valence-corrected chi connectivity index (χ4v) is 8.10. The van der Waals surface area contributed by atoms with Crippen molar-refractivity contribution in [2.24, 2.45) is 0 Å². The summed E-state index contributed by atoms with van der Waals surface area (Å²) in [5.74, 6) is 0. The van der Waals surface area contributed by atoms with Gasteiger partial charge in [0, 0.05) is 6.04 Å². The van der Waals surface area contributed by atoms with Gasteiger partial charge in [-0.25, -0.2) is 15.0 Å². The Morgan fingerprint density at radius 2 is 1.41 bits per heavy atom. The minimum atomic E-state index is -2.01. The highest BCUT2D eigenvalue weighted by molar-refractivity contribution is 6.90. The van der Waals surface area contributed by atoms with Crippen LogP contribution in [0.4, 0.5) is 9.59 Å². The number of carbonyl (C=O) groups excluding carboxylic acids is 2. The summed E-state index contributed by atoms with van der Waals surface area (Å²) in [6, 6.07) is 2.78. The van der Waals surface area contributed by atoms with Gasteiger partial charge in [-0.05, 0) is 16.6 Å². The SMILES string of the molecule is COC(=O)NN(C#C[Si](C(C)C)(C(C)C)C(C)C)C(=O)OC. The summed E-state index contributed by atoms with van der Waals surface area (Å²) in [7, 11) is 0.433. The lowest BCUT2D eigenvalue weighted by atomic mass is 10.5. The van der Waals surface area contributed by atoms with E-state index in [0.717, 1.165) is 5.01 Å². The second-order valence-corrected chi connectivity index (χ2v) is 11.6. The van der Waals surface area contributed by atoms with E-state index < -0.39 is 20.3 Å². The Balaban J connectivity index is 5.70. The van der Waals surface area contributed by atoms with Crippen molar-refractivity contribution in [1.82, 2.24) is 10.4 Å². The second-order valence-electron chi connectivity index (χ2n) is 6.04. The first-order chi connectivity index (χ1) is 10.1. The van der Waals surface area contributed by atoms with Crippen molar-refractivity contribution < 1.29 is 19.1 Å². The Hall–Kier alpha value is -1.68. The molecule has 126 valence electrons. The molecular formula is C15H28N2O4Si. The van der Waals surface area contributed by atoms with Crippen molar-refractivity contribution in [3.05, 3.63) is 0 Å². The summed E-state index contributed by atoms with van der Waals surface area (Å²) in [5, 5.41) is 0.848. The highest BCUT2D eigenvalue weighted by atomic mass is 28.3. The molecule has 0 fully saturated rings. The Morgan fingerprint density at radius 1 is 0.955 bits per heavy atom. The van der Waals surface area contributed by atoms with Crippen LogP contribution in [0.15, 0.2) is 0 Å². The topological polar surface area (TPSA) is 67.9 Å². The van der Waals surface area contributed by atoms with Gasteiger partial charge in [-0.3, -0.25) is 0 Å². The van der Waals surface area contributed by atoms with Crippen molar-refractivity contribution in [2.75, 3.05) is 14.2 Å². The van der Waals surface area contributed by atoms with E-state index in [0.29, 0.717) is 16.6 Å². The second kappa shape index (κ2) is 8.69. The molecule has 22 heavy (non-hydrogen) atoms. The van der Waals surface area contributed by atoms with Gasteiger partial charge in [0.05, 0.1) is 14.2 Å². The van der Waals surface area contributed by atoms with Crippen LogP contribution >= 0.6 is 0 Å². The molecule has 0 atom stereocenters. The smallest absolute Gasteiger partial charge is 0.441 e. The first kappa shape index (κ1) is 20.3. The maximum atomic E-state index is 11.7. The predicted octanol–water partition coefficient (Wildman–Crippen LogP) is 3.50. The van der Waals surface area contributed by atoms with Crippen molar-refractivity contribution >= 4 is 20.3 Å². The molecule has 0 saturated heterocycles. The standard InChI is InChI=1S/C15H28N2O4Si/c1-11(2)22(12(3)4,13(5)6)10-9-17(15(19)21-8)16-14(18)20-7/h11-13H,1-8H3,(H,16,18). The highest BCUT2D eigenvalue weighted by Gasteiger charge is 2.42. The average molecular weight is 328 g/mol. The quantitative estimate of drug-likeness (QED) is 0.372. The molecule has 1 N–H and O–H groups in total. The third-order valence-electron chi connectivity index (χ3n) is 4.00. The number of hydrogen-bond donors (Lipinski definition) is 1. The van der Waals surface area contributed by atoms with Crippen LogP contribution in [0.5, 0.6) is 0 Å². The molecule has 0 spiro atoms. The molecule has 0 aliphatic carbocycles. The number of hydrogen-bond acceptors (Lipinski definition) is 4. The zero-order chi connectivity index (χ0) is 17.5. The van der Waals surface area contributed by atoms with Gasteiger partial charge in [0.1, 0.15) is 8.07 Å². The molecule has 0 bridgehead atoms. The van der Waals surface area contributed by atoms with Crippen LogP contribution in [-0.2, 0) is 9.47 Å². The number of methoxy groups -OCH3 is 2. The van der Waals surface area contributed by atoms with E-state index in [4.69, 9.17) is 0 Å². The summed E-state index contributed by atoms with van der Waals surface area (Å²) in [5.41, 5.74) is 6.82. The minimum absolute atomic E-state index is 0.414. The third kappa shape index (κ3) is 4.66. The predicted molar refractivity (Wildman–Crippen MR) is 88.6 cm³/mol. The summed E-state index contributed by atoms with van der Waals surface area (Å²) in [4.78, 5) is 23.1. The Bertz CT molecular complexity index is 430. The molecule has 7 heteroatoms. The number of ether oxygens (including phenoxy) is 2. The van der Waals surface area contributed by atoms with Crippen LogP contribution in [-0.4, -0.2) is 39.5 Å². The molecule has 2 amide bonds. The van der Waals surface area contributed by atoms with E-state index in [9.17, 15) is 9.59 Å². The van der Waals surface area contributed by atoms with Gasteiger partial charge < -0.3 is 9.47 Å². The zero-order valence-corrected chi connectivity index (χ0v) is 15.8. The van der Waals surface area contributed by atoms with Gasteiger partial charge in [0.15, 0.2) is 0 Å². The van der Waals surface area contributed by atoms with Gasteiger partial charge in [-0.2, -0.15) is 0 Å². The van der Waals surface area contributed by atoms with Crippen molar-refractivity contribution in [1.29, 1.82) is 0 Å². The van der Waals surface area contributed by atoms with E-state index >= 15 is 0 Å². The van der Waals surface area contributed by atoms with E-state index in [1.807, 2.05) is 0 Å². The molecule has 0 aromatic carbocycles. The molecule has 0 saturated carbocycles. The Kier molecular flexibility index (Phi) is 8.02. The Morgan fingerprint density at radius 3 is 1.73 bits per heavy atom. The largest absolute Gasteiger partial charge is 0.452 e. The first-order valence-corrected chi connectivity index (χ1v) is 9.62. The number of carbonyl (C=O) groups is 2. The van der Waals surface area contributed by atoms with Gasteiger partial charge in [0.2, 0.25) is 0 Å². The maximum absolute atomic E-state index is 11.7. The minimum Gasteiger partial charge on any atom is -0.452 e. The molecule has 6 nitrogen and oxygen atoms in total. The molecule has 0 radical (unpaired) electrons. The number of amides is 2. The molecule has 0 rings (SSSR count). The van der Waals surface area contributed by atoms with Crippen LogP contribution in [0, 0.1) is 11.6 Å².